The topological polar surface area (TPSA) is 65.0 Å². The van der Waals surface area contributed by atoms with E-state index in [-0.39, 0.29) is 19.8 Å². The number of hydrogen-bond acceptors (Lipinski definition) is 5. The van der Waals surface area contributed by atoms with Gasteiger partial charge in [0, 0.05) is 0 Å². The van der Waals surface area contributed by atoms with Gasteiger partial charge in [0.15, 0.2) is 0 Å². The van der Waals surface area contributed by atoms with Crippen molar-refractivity contribution in [3.63, 3.8) is 0 Å². The van der Waals surface area contributed by atoms with E-state index in [9.17, 15) is 4.79 Å². The van der Waals surface area contributed by atoms with Crippen LogP contribution in [-0.2, 0) is 4.74 Å². The monoisotopic (exact) mass is 302 g/mol. The van der Waals surface area contributed by atoms with Gasteiger partial charge >= 0.3 is 6.16 Å². The quantitative estimate of drug-likeness (QED) is 0.655. The average molecular weight is 302 g/mol. The van der Waals surface area contributed by atoms with Crippen LogP contribution in [0.2, 0.25) is 0 Å². The van der Waals surface area contributed by atoms with Gasteiger partial charge in [0.05, 0.1) is 13.2 Å². The number of aliphatic hydroxyl groups excluding tert-OH is 1. The van der Waals surface area contributed by atoms with Gasteiger partial charge in [-0.05, 0) is 42.3 Å². The van der Waals surface area contributed by atoms with E-state index in [1.807, 2.05) is 36.4 Å². The molecule has 0 unspecified atom stereocenters. The van der Waals surface area contributed by atoms with E-state index >= 15 is 0 Å². The highest BCUT2D eigenvalue weighted by atomic mass is 16.7. The molecular formula is C17H18O5. The lowest BCUT2D eigenvalue weighted by molar-refractivity contribution is 0.104. The highest BCUT2D eigenvalue weighted by Gasteiger charge is 2.05. The van der Waals surface area contributed by atoms with Crippen LogP contribution in [0.25, 0.3) is 11.1 Å². The molecule has 0 radical (unpaired) electrons. The fourth-order valence-electron chi connectivity index (χ4n) is 1.87. The summed E-state index contributed by atoms with van der Waals surface area (Å²) in [6.07, 6.45) is -0.708. The Balaban J connectivity index is 2.02. The summed E-state index contributed by atoms with van der Waals surface area (Å²) in [5, 5.41) is 8.71. The molecule has 0 aromatic heterocycles. The molecule has 0 atom stereocenters. The predicted octanol–water partition coefficient (Wildman–Crippen LogP) is 3.26. The van der Waals surface area contributed by atoms with Crippen molar-refractivity contribution in [1.29, 1.82) is 0 Å². The molecule has 0 aliphatic carbocycles. The Kier molecular flexibility index (Phi) is 5.80. The van der Waals surface area contributed by atoms with Gasteiger partial charge in [0.1, 0.15) is 18.1 Å². The van der Waals surface area contributed by atoms with Crippen molar-refractivity contribution >= 4 is 6.16 Å². The van der Waals surface area contributed by atoms with Gasteiger partial charge in [0.2, 0.25) is 0 Å². The second-order valence-electron chi connectivity index (χ2n) is 4.41. The zero-order valence-corrected chi connectivity index (χ0v) is 12.3. The number of carbonyl (C=O) groups is 1. The van der Waals surface area contributed by atoms with Crippen LogP contribution < -0.4 is 9.47 Å². The number of ether oxygens (including phenoxy) is 3. The Bertz CT molecular complexity index is 589. The summed E-state index contributed by atoms with van der Waals surface area (Å²) in [6, 6.07) is 14.7. The first kappa shape index (κ1) is 15.9. The molecule has 0 aliphatic heterocycles. The Labute approximate surface area is 129 Å². The lowest BCUT2D eigenvalue weighted by Gasteiger charge is -2.07. The number of rotatable bonds is 6. The maximum absolute atomic E-state index is 11.2. The molecule has 1 N–H and O–H groups in total. The molecule has 0 spiro atoms. The van der Waals surface area contributed by atoms with Crippen molar-refractivity contribution in [2.45, 2.75) is 6.92 Å². The van der Waals surface area contributed by atoms with E-state index in [2.05, 4.69) is 0 Å². The molecule has 116 valence electrons. The highest BCUT2D eigenvalue weighted by molar-refractivity contribution is 5.67. The smallest absolute Gasteiger partial charge is 0.491 e. The predicted molar refractivity (Wildman–Crippen MR) is 82.1 cm³/mol. The zero-order valence-electron chi connectivity index (χ0n) is 12.3. The summed E-state index contributed by atoms with van der Waals surface area (Å²) in [7, 11) is 0. The van der Waals surface area contributed by atoms with E-state index in [0.29, 0.717) is 11.5 Å². The van der Waals surface area contributed by atoms with E-state index in [4.69, 9.17) is 19.3 Å². The summed E-state index contributed by atoms with van der Waals surface area (Å²) in [5.41, 5.74) is 2.00. The number of hydrogen-bond donors (Lipinski definition) is 1. The largest absolute Gasteiger partial charge is 0.513 e. The van der Waals surface area contributed by atoms with Crippen LogP contribution in [0, 0.1) is 0 Å². The summed E-state index contributed by atoms with van der Waals surface area (Å²) in [5.74, 6) is 1.14. The minimum absolute atomic E-state index is 0.0102. The fourth-order valence-corrected chi connectivity index (χ4v) is 1.87. The Morgan fingerprint density at radius 1 is 0.955 bits per heavy atom. The molecule has 5 heteroatoms. The van der Waals surface area contributed by atoms with Crippen LogP contribution >= 0.6 is 0 Å². The van der Waals surface area contributed by atoms with Crippen molar-refractivity contribution in [3.05, 3.63) is 48.5 Å². The van der Waals surface area contributed by atoms with Gasteiger partial charge < -0.3 is 19.3 Å². The summed E-state index contributed by atoms with van der Waals surface area (Å²) < 4.78 is 15.0. The summed E-state index contributed by atoms with van der Waals surface area (Å²) in [4.78, 5) is 11.2. The van der Waals surface area contributed by atoms with Crippen molar-refractivity contribution in [2.75, 3.05) is 19.8 Å². The fraction of sp³-hybridized carbons (Fsp3) is 0.235. The average Bonchev–Trinajstić information content (AvgIpc) is 2.54. The van der Waals surface area contributed by atoms with E-state index in [0.717, 1.165) is 11.1 Å². The molecule has 22 heavy (non-hydrogen) atoms. The molecule has 2 aromatic carbocycles. The maximum Gasteiger partial charge on any atom is 0.513 e. The number of carbonyl (C=O) groups excluding carboxylic acids is 1. The van der Waals surface area contributed by atoms with Crippen molar-refractivity contribution < 1.29 is 24.1 Å². The van der Waals surface area contributed by atoms with Crippen LogP contribution in [0.4, 0.5) is 4.79 Å². The second kappa shape index (κ2) is 8.05. The van der Waals surface area contributed by atoms with Crippen LogP contribution in [-0.4, -0.2) is 31.1 Å². The Hall–Kier alpha value is -2.53. The molecule has 2 aromatic rings. The molecule has 5 nitrogen and oxygen atoms in total. The van der Waals surface area contributed by atoms with Gasteiger partial charge in [-0.15, -0.1) is 0 Å². The second-order valence-corrected chi connectivity index (χ2v) is 4.41. The van der Waals surface area contributed by atoms with Gasteiger partial charge in [-0.25, -0.2) is 4.79 Å². The van der Waals surface area contributed by atoms with E-state index in [1.54, 1.807) is 19.1 Å². The first-order valence-electron chi connectivity index (χ1n) is 7.01. The van der Waals surface area contributed by atoms with E-state index < -0.39 is 6.16 Å². The van der Waals surface area contributed by atoms with Crippen LogP contribution in [0.15, 0.2) is 48.5 Å². The molecule has 2 rings (SSSR count). The maximum atomic E-state index is 11.2. The normalized spacial score (nSPS) is 10.1. The van der Waals surface area contributed by atoms with Crippen LogP contribution in [0.5, 0.6) is 11.5 Å². The zero-order chi connectivity index (χ0) is 15.8. The van der Waals surface area contributed by atoms with Gasteiger partial charge in [0.25, 0.3) is 0 Å². The highest BCUT2D eigenvalue weighted by Crippen LogP contribution is 2.24. The van der Waals surface area contributed by atoms with Gasteiger partial charge in [-0.3, -0.25) is 0 Å². The lowest BCUT2D eigenvalue weighted by atomic mass is 10.1. The lowest BCUT2D eigenvalue weighted by Crippen LogP contribution is -2.09. The first-order valence-corrected chi connectivity index (χ1v) is 7.01. The minimum Gasteiger partial charge on any atom is -0.491 e. The molecule has 0 fully saturated rings. The molecular weight excluding hydrogens is 284 g/mol. The molecule has 0 saturated carbocycles. The van der Waals surface area contributed by atoms with E-state index in [1.165, 1.54) is 0 Å². The minimum atomic E-state index is -0.708. The van der Waals surface area contributed by atoms with Gasteiger partial charge in [-0.1, -0.05) is 24.3 Å². The third-order valence-electron chi connectivity index (χ3n) is 2.87. The summed E-state index contributed by atoms with van der Waals surface area (Å²) >= 11 is 0. The van der Waals surface area contributed by atoms with Crippen molar-refractivity contribution in [3.8, 4) is 22.6 Å². The van der Waals surface area contributed by atoms with Crippen molar-refractivity contribution in [1.82, 2.24) is 0 Å². The van der Waals surface area contributed by atoms with Crippen LogP contribution in [0.3, 0.4) is 0 Å². The number of benzene rings is 2. The molecule has 0 saturated heterocycles. The standard InChI is InChI=1S/C17H18O5/c1-2-20-17(19)22-16-9-5-14(6-10-16)13-3-7-15(8-4-13)21-12-11-18/h3-10,18H,2,11-12H2,1H3. The Morgan fingerprint density at radius 3 is 2.00 bits per heavy atom. The molecule has 0 amide bonds. The summed E-state index contributed by atoms with van der Waals surface area (Å²) in [6.45, 7) is 2.27. The Morgan fingerprint density at radius 2 is 1.50 bits per heavy atom. The first-order chi connectivity index (χ1) is 10.7. The third-order valence-corrected chi connectivity index (χ3v) is 2.87. The van der Waals surface area contributed by atoms with Crippen molar-refractivity contribution in [2.24, 2.45) is 0 Å². The third kappa shape index (κ3) is 4.49. The molecule has 0 bridgehead atoms. The molecule has 0 heterocycles. The van der Waals surface area contributed by atoms with Gasteiger partial charge in [-0.2, -0.15) is 0 Å². The van der Waals surface area contributed by atoms with Crippen LogP contribution in [0.1, 0.15) is 6.92 Å². The molecule has 0 aliphatic rings. The SMILES string of the molecule is CCOC(=O)Oc1ccc(-c2ccc(OCCO)cc2)cc1. The number of aliphatic hydroxyl groups is 1.